The summed E-state index contributed by atoms with van der Waals surface area (Å²) >= 11 is 0. The molecule has 0 aliphatic heterocycles. The Morgan fingerprint density at radius 2 is 2.24 bits per heavy atom. The second-order valence-corrected chi connectivity index (χ2v) is 4.52. The normalized spacial score (nSPS) is 9.95. The van der Waals surface area contributed by atoms with Crippen LogP contribution in [0.5, 0.6) is 5.75 Å². The number of hydrogen-bond donors (Lipinski definition) is 2. The van der Waals surface area contributed by atoms with E-state index < -0.39 is 0 Å². The summed E-state index contributed by atoms with van der Waals surface area (Å²) in [5.41, 5.74) is 7.31. The van der Waals surface area contributed by atoms with E-state index in [-0.39, 0.29) is 5.91 Å². The summed E-state index contributed by atoms with van der Waals surface area (Å²) in [6.45, 7) is 4.20. The lowest BCUT2D eigenvalue weighted by molar-refractivity contribution is -0.121. The van der Waals surface area contributed by atoms with Crippen LogP contribution in [0.15, 0.2) is 18.2 Å². The molecule has 0 radical (unpaired) electrons. The van der Waals surface area contributed by atoms with Crippen molar-refractivity contribution in [3.8, 4) is 17.6 Å². The first-order chi connectivity index (χ1) is 10.1. The van der Waals surface area contributed by atoms with E-state index in [1.807, 2.05) is 25.1 Å². The molecule has 0 aliphatic carbocycles. The Morgan fingerprint density at radius 1 is 1.48 bits per heavy atom. The average molecular weight is 289 g/mol. The SMILES string of the molecule is CCN(CC(=O)NC)Cc1ccc(OC)c(C#CCN)c1. The number of benzene rings is 1. The first-order valence-corrected chi connectivity index (χ1v) is 6.93. The number of ether oxygens (including phenoxy) is 1. The highest BCUT2D eigenvalue weighted by atomic mass is 16.5. The van der Waals surface area contributed by atoms with Gasteiger partial charge in [-0.05, 0) is 24.2 Å². The molecule has 0 bridgehead atoms. The Hall–Kier alpha value is -2.03. The van der Waals surface area contributed by atoms with Crippen LogP contribution in [-0.2, 0) is 11.3 Å². The standard InChI is InChI=1S/C16H23N3O2/c1-4-19(12-16(20)18-2)11-13-7-8-15(21-3)14(10-13)6-5-9-17/h7-8,10H,4,9,11-12,17H2,1-3H3,(H,18,20). The fourth-order valence-electron chi connectivity index (χ4n) is 1.92. The molecule has 3 N–H and O–H groups in total. The Bertz CT molecular complexity index is 532. The molecule has 114 valence electrons. The van der Waals surface area contributed by atoms with E-state index >= 15 is 0 Å². The third kappa shape index (κ3) is 5.46. The fourth-order valence-corrected chi connectivity index (χ4v) is 1.92. The minimum Gasteiger partial charge on any atom is -0.495 e. The number of nitrogens with two attached hydrogens (primary N) is 1. The number of carbonyl (C=O) groups is 1. The molecule has 0 atom stereocenters. The zero-order chi connectivity index (χ0) is 15.7. The summed E-state index contributed by atoms with van der Waals surface area (Å²) in [7, 11) is 3.26. The Kier molecular flexibility index (Phi) is 7.30. The second kappa shape index (κ2) is 9.01. The Labute approximate surface area is 126 Å². The second-order valence-electron chi connectivity index (χ2n) is 4.52. The Balaban J connectivity index is 2.89. The van der Waals surface area contributed by atoms with Crippen molar-refractivity contribution >= 4 is 5.91 Å². The van der Waals surface area contributed by atoms with Crippen molar-refractivity contribution in [1.29, 1.82) is 0 Å². The summed E-state index contributed by atoms with van der Waals surface area (Å²) in [6, 6.07) is 5.86. The fraction of sp³-hybridized carbons (Fsp3) is 0.438. The largest absolute Gasteiger partial charge is 0.495 e. The zero-order valence-electron chi connectivity index (χ0n) is 12.9. The summed E-state index contributed by atoms with van der Waals surface area (Å²) in [5, 5.41) is 2.64. The molecule has 0 spiro atoms. The van der Waals surface area contributed by atoms with E-state index in [0.717, 1.165) is 23.4 Å². The number of nitrogens with one attached hydrogen (secondary N) is 1. The lowest BCUT2D eigenvalue weighted by Gasteiger charge is -2.19. The molecule has 21 heavy (non-hydrogen) atoms. The molecule has 1 amide bonds. The maximum atomic E-state index is 11.5. The predicted octanol–water partition coefficient (Wildman–Crippen LogP) is 0.573. The van der Waals surface area contributed by atoms with Crippen molar-refractivity contribution in [3.63, 3.8) is 0 Å². The van der Waals surface area contributed by atoms with Crippen LogP contribution in [0, 0.1) is 11.8 Å². The summed E-state index contributed by atoms with van der Waals surface area (Å²) < 4.78 is 5.29. The number of hydrogen-bond acceptors (Lipinski definition) is 4. The van der Waals surface area contributed by atoms with Gasteiger partial charge in [-0.3, -0.25) is 9.69 Å². The van der Waals surface area contributed by atoms with Crippen LogP contribution in [0.1, 0.15) is 18.1 Å². The van der Waals surface area contributed by atoms with Gasteiger partial charge in [-0.1, -0.05) is 24.8 Å². The molecule has 5 nitrogen and oxygen atoms in total. The van der Waals surface area contributed by atoms with Crippen molar-refractivity contribution in [2.75, 3.05) is 33.8 Å². The van der Waals surface area contributed by atoms with Crippen molar-refractivity contribution in [2.45, 2.75) is 13.5 Å². The molecule has 0 saturated carbocycles. The maximum Gasteiger partial charge on any atom is 0.233 e. The van der Waals surface area contributed by atoms with Crippen LogP contribution in [-0.4, -0.2) is 44.6 Å². The number of carbonyl (C=O) groups excluding carboxylic acids is 1. The third-order valence-electron chi connectivity index (χ3n) is 3.09. The van der Waals surface area contributed by atoms with E-state index in [1.54, 1.807) is 14.2 Å². The molecule has 0 saturated heterocycles. The number of nitrogens with zero attached hydrogens (tertiary/aromatic N) is 1. The van der Waals surface area contributed by atoms with E-state index in [2.05, 4.69) is 22.1 Å². The highest BCUT2D eigenvalue weighted by molar-refractivity contribution is 5.77. The van der Waals surface area contributed by atoms with Crippen molar-refractivity contribution in [2.24, 2.45) is 5.73 Å². The van der Waals surface area contributed by atoms with Gasteiger partial charge in [-0.25, -0.2) is 0 Å². The highest BCUT2D eigenvalue weighted by Gasteiger charge is 2.10. The molecule has 0 unspecified atom stereocenters. The van der Waals surface area contributed by atoms with E-state index in [0.29, 0.717) is 19.6 Å². The zero-order valence-corrected chi connectivity index (χ0v) is 12.9. The molecule has 0 aliphatic rings. The van der Waals surface area contributed by atoms with Gasteiger partial charge < -0.3 is 15.8 Å². The first-order valence-electron chi connectivity index (χ1n) is 6.93. The van der Waals surface area contributed by atoms with E-state index in [9.17, 15) is 4.79 Å². The molecule has 1 aromatic rings. The smallest absolute Gasteiger partial charge is 0.233 e. The Morgan fingerprint density at radius 3 is 2.81 bits per heavy atom. The molecule has 0 heterocycles. The van der Waals surface area contributed by atoms with Gasteiger partial charge >= 0.3 is 0 Å². The van der Waals surface area contributed by atoms with Crippen LogP contribution >= 0.6 is 0 Å². The van der Waals surface area contributed by atoms with Crippen LogP contribution < -0.4 is 15.8 Å². The third-order valence-corrected chi connectivity index (χ3v) is 3.09. The highest BCUT2D eigenvalue weighted by Crippen LogP contribution is 2.19. The molecular formula is C16H23N3O2. The van der Waals surface area contributed by atoms with Gasteiger partial charge in [0.25, 0.3) is 0 Å². The van der Waals surface area contributed by atoms with Crippen molar-refractivity contribution in [3.05, 3.63) is 29.3 Å². The van der Waals surface area contributed by atoms with Gasteiger partial charge in [0.1, 0.15) is 5.75 Å². The molecule has 0 fully saturated rings. The predicted molar refractivity (Wildman–Crippen MR) is 83.9 cm³/mol. The van der Waals surface area contributed by atoms with E-state index in [4.69, 9.17) is 10.5 Å². The lowest BCUT2D eigenvalue weighted by Crippen LogP contribution is -2.35. The van der Waals surface area contributed by atoms with Crippen LogP contribution in [0.25, 0.3) is 0 Å². The van der Waals surface area contributed by atoms with Gasteiger partial charge in [0, 0.05) is 13.6 Å². The average Bonchev–Trinajstić information content (AvgIpc) is 2.52. The van der Waals surface area contributed by atoms with Gasteiger partial charge in [-0.2, -0.15) is 0 Å². The minimum absolute atomic E-state index is 0.00788. The molecule has 1 aromatic carbocycles. The molecular weight excluding hydrogens is 266 g/mol. The molecule has 0 aromatic heterocycles. The number of rotatable bonds is 6. The van der Waals surface area contributed by atoms with Crippen molar-refractivity contribution < 1.29 is 9.53 Å². The number of methoxy groups -OCH3 is 1. The lowest BCUT2D eigenvalue weighted by atomic mass is 10.1. The summed E-state index contributed by atoms with van der Waals surface area (Å²) in [6.07, 6.45) is 0. The molecule has 5 heteroatoms. The number of amides is 1. The maximum absolute atomic E-state index is 11.5. The van der Waals surface area contributed by atoms with Gasteiger partial charge in [0.2, 0.25) is 5.91 Å². The van der Waals surface area contributed by atoms with Crippen LogP contribution in [0.4, 0.5) is 0 Å². The monoisotopic (exact) mass is 289 g/mol. The summed E-state index contributed by atoms with van der Waals surface area (Å²) in [5.74, 6) is 6.58. The molecule has 1 rings (SSSR count). The van der Waals surface area contributed by atoms with Crippen LogP contribution in [0.3, 0.4) is 0 Å². The quantitative estimate of drug-likeness (QED) is 0.752. The summed E-state index contributed by atoms with van der Waals surface area (Å²) in [4.78, 5) is 13.5. The van der Waals surface area contributed by atoms with Gasteiger partial charge in [0.15, 0.2) is 0 Å². The number of likely N-dealkylation sites (N-methyl/N-ethyl adjacent to an activating group) is 2. The van der Waals surface area contributed by atoms with Crippen molar-refractivity contribution in [1.82, 2.24) is 10.2 Å². The minimum atomic E-state index is 0.00788. The van der Waals surface area contributed by atoms with Crippen LogP contribution in [0.2, 0.25) is 0 Å². The van der Waals surface area contributed by atoms with E-state index in [1.165, 1.54) is 0 Å². The van der Waals surface area contributed by atoms with Gasteiger partial charge in [0.05, 0.1) is 25.8 Å². The first kappa shape index (κ1) is 17.0. The van der Waals surface area contributed by atoms with Gasteiger partial charge in [-0.15, -0.1) is 0 Å². The topological polar surface area (TPSA) is 67.6 Å².